The first-order valence-electron chi connectivity index (χ1n) is 10.1. The molecular weight excluding hydrogens is 342 g/mol. The molecule has 1 saturated heterocycles. The molecule has 1 aromatic heterocycles. The van der Waals surface area contributed by atoms with Crippen LogP contribution in [-0.2, 0) is 16.1 Å². The highest BCUT2D eigenvalue weighted by Gasteiger charge is 2.36. The van der Waals surface area contributed by atoms with Crippen LogP contribution in [0.15, 0.2) is 6.07 Å². The lowest BCUT2D eigenvalue weighted by Crippen LogP contribution is -2.37. The maximum Gasteiger partial charge on any atom is 0.226 e. The van der Waals surface area contributed by atoms with Crippen molar-refractivity contribution in [1.29, 1.82) is 0 Å². The maximum atomic E-state index is 13.1. The molecule has 1 aliphatic heterocycles. The highest BCUT2D eigenvalue weighted by molar-refractivity contribution is 5.79. The van der Waals surface area contributed by atoms with Crippen molar-refractivity contribution in [3.05, 3.63) is 17.6 Å². The van der Waals surface area contributed by atoms with Gasteiger partial charge in [0.15, 0.2) is 5.82 Å². The molecule has 0 aromatic carbocycles. The van der Waals surface area contributed by atoms with E-state index in [4.69, 9.17) is 4.98 Å². The number of hydrogen-bond acceptors (Lipinski definition) is 5. The molecule has 1 saturated carbocycles. The number of nitrogens with one attached hydrogen (secondary N) is 1. The van der Waals surface area contributed by atoms with Crippen LogP contribution in [0.1, 0.15) is 69.4 Å². The Morgan fingerprint density at radius 1 is 1.19 bits per heavy atom. The van der Waals surface area contributed by atoms with Gasteiger partial charge in [0.25, 0.3) is 0 Å². The van der Waals surface area contributed by atoms with E-state index in [0.717, 1.165) is 56.6 Å². The number of carbonyl (C=O) groups is 2. The lowest BCUT2D eigenvalue weighted by molar-refractivity contribution is -0.137. The SMILES string of the molecule is CNc1cc(CN(C)C(C)=O)nc([C@@H]2CCCN2C(=O)C2CCCCC2)n1. The fourth-order valence-corrected chi connectivity index (χ4v) is 4.11. The minimum Gasteiger partial charge on any atom is -0.373 e. The van der Waals surface area contributed by atoms with Crippen molar-refractivity contribution in [3.63, 3.8) is 0 Å². The minimum absolute atomic E-state index is 0.00357. The zero-order chi connectivity index (χ0) is 19.4. The van der Waals surface area contributed by atoms with Gasteiger partial charge in [0.1, 0.15) is 5.82 Å². The zero-order valence-corrected chi connectivity index (χ0v) is 16.7. The fourth-order valence-electron chi connectivity index (χ4n) is 4.11. The summed E-state index contributed by atoms with van der Waals surface area (Å²) >= 11 is 0. The third-order valence-electron chi connectivity index (χ3n) is 5.78. The molecule has 2 amide bonds. The van der Waals surface area contributed by atoms with Gasteiger partial charge in [0.2, 0.25) is 11.8 Å². The van der Waals surface area contributed by atoms with Crippen LogP contribution in [0.5, 0.6) is 0 Å². The third-order valence-corrected chi connectivity index (χ3v) is 5.78. The van der Waals surface area contributed by atoms with Crippen molar-refractivity contribution in [1.82, 2.24) is 19.8 Å². The summed E-state index contributed by atoms with van der Waals surface area (Å²) < 4.78 is 0. The maximum absolute atomic E-state index is 13.1. The average molecular weight is 374 g/mol. The Morgan fingerprint density at radius 2 is 1.93 bits per heavy atom. The van der Waals surface area contributed by atoms with Crippen LogP contribution in [-0.4, -0.2) is 52.2 Å². The van der Waals surface area contributed by atoms with E-state index in [9.17, 15) is 9.59 Å². The molecule has 0 unspecified atom stereocenters. The molecule has 0 bridgehead atoms. The number of aromatic nitrogens is 2. The summed E-state index contributed by atoms with van der Waals surface area (Å²) in [5.41, 5.74) is 0.791. The lowest BCUT2D eigenvalue weighted by Gasteiger charge is -2.30. The molecule has 3 rings (SSSR count). The standard InChI is InChI=1S/C20H31N5O2/c1-14(26)24(3)13-16-12-18(21-2)23-19(22-16)17-10-7-11-25(17)20(27)15-8-5-4-6-9-15/h12,15,17H,4-11,13H2,1-3H3,(H,21,22,23)/t17-/m0/s1. The third kappa shape index (κ3) is 4.57. The van der Waals surface area contributed by atoms with Gasteiger partial charge < -0.3 is 15.1 Å². The molecule has 1 aliphatic carbocycles. The Bertz CT molecular complexity index is 687. The first kappa shape index (κ1) is 19.6. The van der Waals surface area contributed by atoms with Crippen molar-refractivity contribution >= 4 is 17.6 Å². The summed E-state index contributed by atoms with van der Waals surface area (Å²) in [7, 11) is 3.59. The smallest absolute Gasteiger partial charge is 0.226 e. The van der Waals surface area contributed by atoms with E-state index in [1.807, 2.05) is 18.0 Å². The van der Waals surface area contributed by atoms with Gasteiger partial charge in [-0.1, -0.05) is 19.3 Å². The van der Waals surface area contributed by atoms with Crippen molar-refractivity contribution in [2.24, 2.45) is 5.92 Å². The van der Waals surface area contributed by atoms with Crippen molar-refractivity contribution in [2.75, 3.05) is 26.0 Å². The topological polar surface area (TPSA) is 78.4 Å². The Morgan fingerprint density at radius 3 is 2.59 bits per heavy atom. The Balaban J connectivity index is 1.82. The summed E-state index contributed by atoms with van der Waals surface area (Å²) in [6.07, 6.45) is 7.45. The number of likely N-dealkylation sites (tertiary alicyclic amines) is 1. The quantitative estimate of drug-likeness (QED) is 0.859. The molecule has 148 valence electrons. The van der Waals surface area contributed by atoms with E-state index >= 15 is 0 Å². The predicted octanol–water partition coefficient (Wildman–Crippen LogP) is 2.74. The molecule has 0 radical (unpaired) electrons. The molecule has 2 heterocycles. The zero-order valence-electron chi connectivity index (χ0n) is 16.7. The number of rotatable bonds is 5. The van der Waals surface area contributed by atoms with Crippen molar-refractivity contribution < 1.29 is 9.59 Å². The van der Waals surface area contributed by atoms with Crippen LogP contribution in [0.3, 0.4) is 0 Å². The van der Waals surface area contributed by atoms with Crippen LogP contribution < -0.4 is 5.32 Å². The predicted molar refractivity (Wildman–Crippen MR) is 104 cm³/mol. The average Bonchev–Trinajstić information content (AvgIpc) is 3.17. The van der Waals surface area contributed by atoms with Crippen molar-refractivity contribution in [3.8, 4) is 0 Å². The van der Waals surface area contributed by atoms with Gasteiger partial charge in [0, 0.05) is 39.5 Å². The van der Waals surface area contributed by atoms with Gasteiger partial charge in [0.05, 0.1) is 18.3 Å². The molecule has 1 atom stereocenters. The first-order valence-corrected chi connectivity index (χ1v) is 10.1. The van der Waals surface area contributed by atoms with Gasteiger partial charge in [-0.05, 0) is 25.7 Å². The number of anilines is 1. The second-order valence-corrected chi connectivity index (χ2v) is 7.75. The molecule has 0 spiro atoms. The van der Waals surface area contributed by atoms with Crippen LogP contribution in [0.4, 0.5) is 5.82 Å². The van der Waals surface area contributed by atoms with Crippen LogP contribution >= 0.6 is 0 Å². The van der Waals surface area contributed by atoms with E-state index < -0.39 is 0 Å². The lowest BCUT2D eigenvalue weighted by atomic mass is 9.88. The summed E-state index contributed by atoms with van der Waals surface area (Å²) in [5, 5.41) is 3.08. The minimum atomic E-state index is -0.0610. The summed E-state index contributed by atoms with van der Waals surface area (Å²) in [6.45, 7) is 2.77. The van der Waals surface area contributed by atoms with Gasteiger partial charge >= 0.3 is 0 Å². The molecule has 2 fully saturated rings. The molecule has 1 N–H and O–H groups in total. The number of nitrogens with zero attached hydrogens (tertiary/aromatic N) is 4. The molecular formula is C20H31N5O2. The number of amides is 2. The van der Waals surface area contributed by atoms with E-state index in [0.29, 0.717) is 12.4 Å². The van der Waals surface area contributed by atoms with E-state index in [-0.39, 0.29) is 23.8 Å². The largest absolute Gasteiger partial charge is 0.373 e. The Kier molecular flexibility index (Phi) is 6.29. The van der Waals surface area contributed by atoms with Crippen molar-refractivity contribution in [2.45, 2.75) is 64.5 Å². The molecule has 1 aromatic rings. The second kappa shape index (κ2) is 8.67. The number of carbonyl (C=O) groups excluding carboxylic acids is 2. The van der Waals surface area contributed by atoms with E-state index in [1.165, 1.54) is 6.42 Å². The van der Waals surface area contributed by atoms with E-state index in [1.54, 1.807) is 18.9 Å². The van der Waals surface area contributed by atoms with Gasteiger partial charge in [-0.25, -0.2) is 9.97 Å². The van der Waals surface area contributed by atoms with Gasteiger partial charge in [-0.15, -0.1) is 0 Å². The summed E-state index contributed by atoms with van der Waals surface area (Å²) in [6, 6.07) is 1.81. The number of hydrogen-bond donors (Lipinski definition) is 1. The normalized spacial score (nSPS) is 20.6. The first-order chi connectivity index (χ1) is 13.0. The molecule has 27 heavy (non-hydrogen) atoms. The Labute approximate surface area is 161 Å². The fraction of sp³-hybridized carbons (Fsp3) is 0.700. The monoisotopic (exact) mass is 373 g/mol. The molecule has 7 nitrogen and oxygen atoms in total. The van der Waals surface area contributed by atoms with Gasteiger partial charge in [-0.3, -0.25) is 9.59 Å². The highest BCUT2D eigenvalue weighted by Crippen LogP contribution is 2.35. The Hall–Kier alpha value is -2.18. The van der Waals surface area contributed by atoms with Crippen LogP contribution in [0.2, 0.25) is 0 Å². The van der Waals surface area contributed by atoms with Crippen LogP contribution in [0.25, 0.3) is 0 Å². The highest BCUT2D eigenvalue weighted by atomic mass is 16.2. The molecule has 7 heteroatoms. The summed E-state index contributed by atoms with van der Waals surface area (Å²) in [5.74, 6) is 1.85. The second-order valence-electron chi connectivity index (χ2n) is 7.75. The summed E-state index contributed by atoms with van der Waals surface area (Å²) in [4.78, 5) is 37.7. The van der Waals surface area contributed by atoms with Gasteiger partial charge in [-0.2, -0.15) is 0 Å². The molecule has 2 aliphatic rings. The van der Waals surface area contributed by atoms with E-state index in [2.05, 4.69) is 10.3 Å². The van der Waals surface area contributed by atoms with Crippen LogP contribution in [0, 0.1) is 5.92 Å².